The summed E-state index contributed by atoms with van der Waals surface area (Å²) in [5.41, 5.74) is 0.757. The van der Waals surface area contributed by atoms with Crippen molar-refractivity contribution in [2.45, 2.75) is 32.1 Å². The van der Waals surface area contributed by atoms with Crippen molar-refractivity contribution in [1.29, 1.82) is 0 Å². The Morgan fingerprint density at radius 1 is 1.21 bits per heavy atom. The first-order chi connectivity index (χ1) is 9.15. The number of aromatic nitrogens is 1. The number of anilines is 1. The predicted molar refractivity (Wildman–Crippen MR) is 70.6 cm³/mol. The maximum Gasteiger partial charge on any atom is 0.303 e. The molecule has 1 heterocycles. The number of rotatable bonds is 4. The molecule has 5 heteroatoms. The Morgan fingerprint density at radius 2 is 1.84 bits per heavy atom. The third-order valence-electron chi connectivity index (χ3n) is 3.63. The molecule has 102 valence electrons. The third kappa shape index (κ3) is 4.05. The Balaban J connectivity index is 1.81. The van der Waals surface area contributed by atoms with Gasteiger partial charge in [-0.25, -0.2) is 0 Å². The summed E-state index contributed by atoms with van der Waals surface area (Å²) in [6, 6.07) is 3.52. The highest BCUT2D eigenvalue weighted by atomic mass is 16.4. The molecule has 1 aliphatic carbocycles. The maximum absolute atomic E-state index is 12.0. The zero-order valence-electron chi connectivity index (χ0n) is 10.7. The minimum Gasteiger partial charge on any atom is -0.481 e. The van der Waals surface area contributed by atoms with Gasteiger partial charge in [0.1, 0.15) is 0 Å². The van der Waals surface area contributed by atoms with E-state index >= 15 is 0 Å². The molecule has 0 atom stereocenters. The Morgan fingerprint density at radius 3 is 2.42 bits per heavy atom. The van der Waals surface area contributed by atoms with Gasteiger partial charge in [0.2, 0.25) is 5.91 Å². The van der Waals surface area contributed by atoms with Gasteiger partial charge in [0, 0.05) is 30.4 Å². The van der Waals surface area contributed by atoms with E-state index in [1.54, 1.807) is 24.5 Å². The fourth-order valence-corrected chi connectivity index (χ4v) is 2.56. The first kappa shape index (κ1) is 13.5. The average molecular weight is 262 g/mol. The van der Waals surface area contributed by atoms with Crippen LogP contribution >= 0.6 is 0 Å². The quantitative estimate of drug-likeness (QED) is 0.872. The van der Waals surface area contributed by atoms with Crippen LogP contribution in [0.5, 0.6) is 0 Å². The van der Waals surface area contributed by atoms with Gasteiger partial charge in [0.05, 0.1) is 0 Å². The monoisotopic (exact) mass is 262 g/mol. The molecule has 1 amide bonds. The van der Waals surface area contributed by atoms with Gasteiger partial charge in [0.15, 0.2) is 0 Å². The Hall–Kier alpha value is -1.91. The summed E-state index contributed by atoms with van der Waals surface area (Å²) >= 11 is 0. The number of nitrogens with one attached hydrogen (secondary N) is 1. The molecular formula is C14H18N2O3. The summed E-state index contributed by atoms with van der Waals surface area (Å²) in [5, 5.41) is 11.6. The van der Waals surface area contributed by atoms with Gasteiger partial charge in [0.25, 0.3) is 0 Å². The van der Waals surface area contributed by atoms with Crippen molar-refractivity contribution in [2.75, 3.05) is 5.32 Å². The lowest BCUT2D eigenvalue weighted by Gasteiger charge is -2.26. The highest BCUT2D eigenvalue weighted by Crippen LogP contribution is 2.31. The smallest absolute Gasteiger partial charge is 0.303 e. The number of pyridine rings is 1. The van der Waals surface area contributed by atoms with Crippen molar-refractivity contribution in [2.24, 2.45) is 11.8 Å². The molecule has 2 N–H and O–H groups in total. The van der Waals surface area contributed by atoms with Gasteiger partial charge in [-0.3, -0.25) is 14.6 Å². The summed E-state index contributed by atoms with van der Waals surface area (Å²) < 4.78 is 0. The highest BCUT2D eigenvalue weighted by molar-refractivity contribution is 5.92. The number of carboxylic acid groups (broad SMARTS) is 1. The second-order valence-corrected chi connectivity index (χ2v) is 5.04. The van der Waals surface area contributed by atoms with Crippen molar-refractivity contribution in [1.82, 2.24) is 4.98 Å². The lowest BCUT2D eigenvalue weighted by molar-refractivity contribution is -0.138. The summed E-state index contributed by atoms with van der Waals surface area (Å²) in [7, 11) is 0. The van der Waals surface area contributed by atoms with Gasteiger partial charge in [-0.2, -0.15) is 0 Å². The summed E-state index contributed by atoms with van der Waals surface area (Å²) in [6.45, 7) is 0. The van der Waals surface area contributed by atoms with Crippen molar-refractivity contribution in [3.8, 4) is 0 Å². The van der Waals surface area contributed by atoms with E-state index in [1.165, 1.54) is 0 Å². The van der Waals surface area contributed by atoms with Crippen molar-refractivity contribution < 1.29 is 14.7 Å². The van der Waals surface area contributed by atoms with Crippen LogP contribution in [-0.2, 0) is 9.59 Å². The minimum atomic E-state index is -0.746. The molecule has 0 bridgehead atoms. The average Bonchev–Trinajstić information content (AvgIpc) is 2.40. The van der Waals surface area contributed by atoms with Crippen LogP contribution < -0.4 is 5.32 Å². The first-order valence-corrected chi connectivity index (χ1v) is 6.58. The number of carbonyl (C=O) groups is 2. The molecule has 0 aliphatic heterocycles. The molecule has 1 aromatic rings. The molecule has 1 saturated carbocycles. The molecule has 2 rings (SSSR count). The molecule has 0 spiro atoms. The molecule has 0 radical (unpaired) electrons. The van der Waals surface area contributed by atoms with E-state index in [0.29, 0.717) is 0 Å². The second kappa shape index (κ2) is 6.31. The molecular weight excluding hydrogens is 244 g/mol. The van der Waals surface area contributed by atoms with E-state index in [2.05, 4.69) is 10.3 Å². The number of carboxylic acids is 1. The number of hydrogen-bond donors (Lipinski definition) is 2. The summed E-state index contributed by atoms with van der Waals surface area (Å²) in [6.07, 6.45) is 6.68. The molecule has 1 aromatic heterocycles. The van der Waals surface area contributed by atoms with Crippen LogP contribution in [0, 0.1) is 11.8 Å². The molecule has 5 nitrogen and oxygen atoms in total. The van der Waals surface area contributed by atoms with E-state index in [0.717, 1.165) is 31.4 Å². The van der Waals surface area contributed by atoms with Crippen LogP contribution in [0.15, 0.2) is 24.5 Å². The lowest BCUT2D eigenvalue weighted by Crippen LogP contribution is -2.27. The van der Waals surface area contributed by atoms with Gasteiger partial charge < -0.3 is 10.4 Å². The maximum atomic E-state index is 12.0. The largest absolute Gasteiger partial charge is 0.481 e. The SMILES string of the molecule is O=C(O)CC1CCC(C(=O)Nc2ccncc2)CC1. The van der Waals surface area contributed by atoms with E-state index in [4.69, 9.17) is 5.11 Å². The third-order valence-corrected chi connectivity index (χ3v) is 3.63. The van der Waals surface area contributed by atoms with Crippen LogP contribution in [0.2, 0.25) is 0 Å². The van der Waals surface area contributed by atoms with Gasteiger partial charge in [-0.1, -0.05) is 0 Å². The topological polar surface area (TPSA) is 79.3 Å². The van der Waals surface area contributed by atoms with E-state index in [1.807, 2.05) is 0 Å². The molecule has 19 heavy (non-hydrogen) atoms. The van der Waals surface area contributed by atoms with Crippen LogP contribution in [0.25, 0.3) is 0 Å². The number of nitrogens with zero attached hydrogens (tertiary/aromatic N) is 1. The molecule has 1 fully saturated rings. The van der Waals surface area contributed by atoms with Gasteiger partial charge in [-0.15, -0.1) is 0 Å². The van der Waals surface area contributed by atoms with Crippen LogP contribution in [0.3, 0.4) is 0 Å². The number of aliphatic carboxylic acids is 1. The molecule has 0 saturated heterocycles. The Kier molecular flexibility index (Phi) is 4.49. The fraction of sp³-hybridized carbons (Fsp3) is 0.500. The van der Waals surface area contributed by atoms with E-state index in [9.17, 15) is 9.59 Å². The number of amides is 1. The van der Waals surface area contributed by atoms with Gasteiger partial charge in [-0.05, 0) is 43.7 Å². The summed E-state index contributed by atoms with van der Waals surface area (Å²) in [4.78, 5) is 26.6. The molecule has 1 aliphatic rings. The molecule has 0 unspecified atom stereocenters. The first-order valence-electron chi connectivity index (χ1n) is 6.58. The van der Waals surface area contributed by atoms with E-state index < -0.39 is 5.97 Å². The van der Waals surface area contributed by atoms with Crippen molar-refractivity contribution in [3.63, 3.8) is 0 Å². The van der Waals surface area contributed by atoms with Crippen LogP contribution in [0.1, 0.15) is 32.1 Å². The number of carbonyl (C=O) groups excluding carboxylic acids is 1. The zero-order valence-corrected chi connectivity index (χ0v) is 10.7. The van der Waals surface area contributed by atoms with Crippen LogP contribution in [0.4, 0.5) is 5.69 Å². The lowest BCUT2D eigenvalue weighted by atomic mass is 9.80. The van der Waals surface area contributed by atoms with Crippen LogP contribution in [-0.4, -0.2) is 22.0 Å². The van der Waals surface area contributed by atoms with Gasteiger partial charge >= 0.3 is 5.97 Å². The normalized spacial score (nSPS) is 22.7. The van der Waals surface area contributed by atoms with Crippen molar-refractivity contribution in [3.05, 3.63) is 24.5 Å². The Labute approximate surface area is 112 Å². The predicted octanol–water partition coefficient (Wildman–Crippen LogP) is 2.30. The molecule has 0 aromatic carbocycles. The second-order valence-electron chi connectivity index (χ2n) is 5.04. The van der Waals surface area contributed by atoms with E-state index in [-0.39, 0.29) is 24.2 Å². The highest BCUT2D eigenvalue weighted by Gasteiger charge is 2.27. The Bertz CT molecular complexity index is 439. The zero-order chi connectivity index (χ0) is 13.7. The fourth-order valence-electron chi connectivity index (χ4n) is 2.56. The standard InChI is InChI=1S/C14H18N2O3/c17-13(18)9-10-1-3-11(4-2-10)14(19)16-12-5-7-15-8-6-12/h5-8,10-11H,1-4,9H2,(H,17,18)(H,15,16,19). The number of hydrogen-bond acceptors (Lipinski definition) is 3. The summed E-state index contributed by atoms with van der Waals surface area (Å²) in [5.74, 6) is -0.495. The minimum absolute atomic E-state index is 0.00166. The van der Waals surface area contributed by atoms with Crippen molar-refractivity contribution >= 4 is 17.6 Å².